The van der Waals surface area contributed by atoms with Crippen molar-refractivity contribution >= 4 is 17.6 Å². The molecule has 2 heterocycles. The van der Waals surface area contributed by atoms with E-state index in [0.29, 0.717) is 18.0 Å². The lowest BCUT2D eigenvalue weighted by Gasteiger charge is -2.17. The molecule has 0 atom stereocenters. The largest absolute Gasteiger partial charge is 0.462 e. The summed E-state index contributed by atoms with van der Waals surface area (Å²) in [7, 11) is 2.03. The van der Waals surface area contributed by atoms with E-state index >= 15 is 0 Å². The normalized spacial score (nSPS) is 18.4. The number of ether oxygens (including phenoxy) is 1. The smallest absolute Gasteiger partial charge is 0.343 e. The summed E-state index contributed by atoms with van der Waals surface area (Å²) < 4.78 is 4.99. The first kappa shape index (κ1) is 13.6. The van der Waals surface area contributed by atoms with Gasteiger partial charge in [0.15, 0.2) is 5.82 Å². The molecule has 0 bridgehead atoms. The first-order valence-electron chi connectivity index (χ1n) is 6.71. The molecule has 0 radical (unpaired) electrons. The highest BCUT2D eigenvalue weighted by Crippen LogP contribution is 2.19. The molecule has 0 aliphatic carbocycles. The summed E-state index contributed by atoms with van der Waals surface area (Å²) in [6.45, 7) is 3.13. The molecule has 1 aliphatic rings. The van der Waals surface area contributed by atoms with Gasteiger partial charge in [-0.1, -0.05) is 6.42 Å². The monoisotopic (exact) mass is 264 g/mol. The van der Waals surface area contributed by atoms with Crippen LogP contribution in [0.1, 0.15) is 43.0 Å². The third-order valence-electron chi connectivity index (χ3n) is 3.19. The molecule has 19 heavy (non-hydrogen) atoms. The molecule has 104 valence electrons. The molecule has 0 aromatic carbocycles. The Balaban J connectivity index is 2.22. The van der Waals surface area contributed by atoms with E-state index in [4.69, 9.17) is 4.74 Å². The third kappa shape index (κ3) is 3.33. The number of nitrogens with one attached hydrogen (secondary N) is 1. The quantitative estimate of drug-likeness (QED) is 0.849. The van der Waals surface area contributed by atoms with Crippen LogP contribution in [-0.2, 0) is 4.74 Å². The van der Waals surface area contributed by atoms with Gasteiger partial charge in [0.1, 0.15) is 11.4 Å². The van der Waals surface area contributed by atoms with Crippen LogP contribution < -0.4 is 0 Å². The number of likely N-dealkylation sites (tertiary alicyclic amines) is 1. The van der Waals surface area contributed by atoms with Gasteiger partial charge in [0.25, 0.3) is 0 Å². The zero-order valence-corrected chi connectivity index (χ0v) is 11.5. The van der Waals surface area contributed by atoms with Gasteiger partial charge in [0.05, 0.1) is 12.8 Å². The van der Waals surface area contributed by atoms with Gasteiger partial charge >= 0.3 is 5.97 Å². The van der Waals surface area contributed by atoms with Gasteiger partial charge < -0.3 is 9.64 Å². The van der Waals surface area contributed by atoms with Gasteiger partial charge in [-0.15, -0.1) is 0 Å². The molecule has 1 N–H and O–H groups in total. The Hall–Kier alpha value is -1.85. The maximum absolute atomic E-state index is 11.8. The van der Waals surface area contributed by atoms with Crippen LogP contribution in [-0.4, -0.2) is 47.1 Å². The fraction of sp³-hybridized carbons (Fsp3) is 0.615. The molecule has 0 unspecified atom stereocenters. The lowest BCUT2D eigenvalue weighted by Crippen LogP contribution is -2.25. The molecule has 6 heteroatoms. The molecule has 6 nitrogen and oxygen atoms in total. The summed E-state index contributed by atoms with van der Waals surface area (Å²) in [5, 5.41) is 6.66. The summed E-state index contributed by atoms with van der Waals surface area (Å²) in [6.07, 6.45) is 5.93. The highest BCUT2D eigenvalue weighted by molar-refractivity contribution is 5.95. The van der Waals surface area contributed by atoms with Gasteiger partial charge in [-0.3, -0.25) is 5.10 Å². The van der Waals surface area contributed by atoms with Crippen LogP contribution in [0.4, 0.5) is 5.82 Å². The number of amidine groups is 1. The summed E-state index contributed by atoms with van der Waals surface area (Å²) in [6, 6.07) is 0. The van der Waals surface area contributed by atoms with Crippen molar-refractivity contribution in [1.29, 1.82) is 0 Å². The second-order valence-corrected chi connectivity index (χ2v) is 4.61. The molecule has 1 saturated heterocycles. The minimum Gasteiger partial charge on any atom is -0.462 e. The molecule has 2 rings (SSSR count). The molecule has 0 saturated carbocycles. The standard InChI is InChI=1S/C13H20N4O2/c1-3-19-13(18)10-9-14-16-12(10)15-11-7-5-4-6-8-17(11)2/h9H,3-8H2,1-2H3,(H,14,16)/b15-11+. The number of aliphatic imine (C=N–C) groups is 1. The van der Waals surface area contributed by atoms with Gasteiger partial charge in [-0.05, 0) is 19.8 Å². The third-order valence-corrected chi connectivity index (χ3v) is 3.19. The number of hydrogen-bond donors (Lipinski definition) is 1. The van der Waals surface area contributed by atoms with E-state index in [-0.39, 0.29) is 5.97 Å². The minimum absolute atomic E-state index is 0.347. The highest BCUT2D eigenvalue weighted by Gasteiger charge is 2.17. The zero-order chi connectivity index (χ0) is 13.7. The van der Waals surface area contributed by atoms with Crippen molar-refractivity contribution in [2.75, 3.05) is 20.2 Å². The minimum atomic E-state index is -0.383. The van der Waals surface area contributed by atoms with Crippen molar-refractivity contribution in [2.45, 2.75) is 32.6 Å². The van der Waals surface area contributed by atoms with E-state index in [9.17, 15) is 4.79 Å². The van der Waals surface area contributed by atoms with E-state index in [2.05, 4.69) is 20.1 Å². The second-order valence-electron chi connectivity index (χ2n) is 4.61. The number of carbonyl (C=O) groups is 1. The molecular weight excluding hydrogens is 244 g/mol. The summed E-state index contributed by atoms with van der Waals surface area (Å²) in [5.74, 6) is 1.10. The Labute approximate surface area is 112 Å². The number of nitrogens with zero attached hydrogens (tertiary/aromatic N) is 3. The van der Waals surface area contributed by atoms with Crippen molar-refractivity contribution in [1.82, 2.24) is 15.1 Å². The second kappa shape index (κ2) is 6.36. The van der Waals surface area contributed by atoms with Crippen LogP contribution in [0.25, 0.3) is 0 Å². The number of aromatic amines is 1. The Morgan fingerprint density at radius 3 is 3.16 bits per heavy atom. The van der Waals surface area contributed by atoms with E-state index in [1.54, 1.807) is 6.92 Å². The number of esters is 1. The van der Waals surface area contributed by atoms with Crippen LogP contribution in [0, 0.1) is 0 Å². The first-order chi connectivity index (χ1) is 9.22. The Bertz CT molecular complexity index is 467. The number of rotatable bonds is 3. The summed E-state index contributed by atoms with van der Waals surface area (Å²) >= 11 is 0. The number of aromatic nitrogens is 2. The first-order valence-corrected chi connectivity index (χ1v) is 6.71. The molecule has 1 aliphatic heterocycles. The van der Waals surface area contributed by atoms with Crippen molar-refractivity contribution in [3.63, 3.8) is 0 Å². The van der Waals surface area contributed by atoms with Crippen LogP contribution in [0.3, 0.4) is 0 Å². The fourth-order valence-corrected chi connectivity index (χ4v) is 2.12. The lowest BCUT2D eigenvalue weighted by molar-refractivity contribution is 0.0527. The van der Waals surface area contributed by atoms with Crippen molar-refractivity contribution in [2.24, 2.45) is 4.99 Å². The Morgan fingerprint density at radius 1 is 1.53 bits per heavy atom. The van der Waals surface area contributed by atoms with E-state index in [1.165, 1.54) is 19.0 Å². The van der Waals surface area contributed by atoms with Gasteiger partial charge in [-0.2, -0.15) is 5.10 Å². The lowest BCUT2D eigenvalue weighted by atomic mass is 10.2. The molecule has 0 amide bonds. The van der Waals surface area contributed by atoms with E-state index in [0.717, 1.165) is 25.2 Å². The average molecular weight is 264 g/mol. The maximum atomic E-state index is 11.8. The number of hydrogen-bond acceptors (Lipinski definition) is 4. The average Bonchev–Trinajstić information content (AvgIpc) is 2.76. The predicted octanol–water partition coefficient (Wildman–Crippen LogP) is 2.12. The summed E-state index contributed by atoms with van der Waals surface area (Å²) in [4.78, 5) is 18.4. The molecule has 1 aromatic heterocycles. The van der Waals surface area contributed by atoms with Crippen LogP contribution in [0.2, 0.25) is 0 Å². The number of carbonyl (C=O) groups excluding carboxylic acids is 1. The van der Waals surface area contributed by atoms with Crippen molar-refractivity contribution in [3.05, 3.63) is 11.8 Å². The molecule has 1 aromatic rings. The van der Waals surface area contributed by atoms with Gasteiger partial charge in [-0.25, -0.2) is 9.79 Å². The topological polar surface area (TPSA) is 70.6 Å². The molecule has 0 spiro atoms. The van der Waals surface area contributed by atoms with Gasteiger partial charge in [0.2, 0.25) is 0 Å². The summed E-state index contributed by atoms with van der Waals surface area (Å²) in [5.41, 5.74) is 0.395. The van der Waals surface area contributed by atoms with E-state index < -0.39 is 0 Å². The molecular formula is C13H20N4O2. The Morgan fingerprint density at radius 2 is 2.37 bits per heavy atom. The predicted molar refractivity (Wildman–Crippen MR) is 72.7 cm³/mol. The molecule has 1 fully saturated rings. The SMILES string of the molecule is CCOC(=O)c1cn[nH]c1/N=C1\CCCCCN1C. The van der Waals surface area contributed by atoms with Crippen molar-refractivity contribution in [3.8, 4) is 0 Å². The fourth-order valence-electron chi connectivity index (χ4n) is 2.12. The highest BCUT2D eigenvalue weighted by atomic mass is 16.5. The van der Waals surface area contributed by atoms with Crippen LogP contribution in [0.15, 0.2) is 11.2 Å². The van der Waals surface area contributed by atoms with E-state index in [1.807, 2.05) is 7.05 Å². The van der Waals surface area contributed by atoms with Gasteiger partial charge in [0, 0.05) is 20.0 Å². The number of H-pyrrole nitrogens is 1. The van der Waals surface area contributed by atoms with Crippen LogP contribution in [0.5, 0.6) is 0 Å². The maximum Gasteiger partial charge on any atom is 0.343 e. The Kier molecular flexibility index (Phi) is 4.54. The zero-order valence-electron chi connectivity index (χ0n) is 11.5. The van der Waals surface area contributed by atoms with Crippen LogP contribution >= 0.6 is 0 Å². The van der Waals surface area contributed by atoms with Crippen molar-refractivity contribution < 1.29 is 9.53 Å².